The van der Waals surface area contributed by atoms with Gasteiger partial charge in [0.2, 0.25) is 0 Å². The van der Waals surface area contributed by atoms with Crippen molar-refractivity contribution in [2.45, 2.75) is 28.8 Å². The molecule has 148 valence electrons. The molecule has 1 aliphatic rings. The van der Waals surface area contributed by atoms with E-state index in [1.165, 1.54) is 11.3 Å². The van der Waals surface area contributed by atoms with E-state index in [0.717, 1.165) is 22.8 Å². The molecule has 29 heavy (non-hydrogen) atoms. The van der Waals surface area contributed by atoms with Crippen molar-refractivity contribution in [3.05, 3.63) is 76.6 Å². The predicted octanol–water partition coefficient (Wildman–Crippen LogP) is 4.33. The number of carbonyl (C=O) groups is 2. The first kappa shape index (κ1) is 19.7. The van der Waals surface area contributed by atoms with Crippen LogP contribution in [0.1, 0.15) is 33.6 Å². The molecule has 0 aliphatic carbocycles. The van der Waals surface area contributed by atoms with Crippen molar-refractivity contribution >= 4 is 34.9 Å². The van der Waals surface area contributed by atoms with Crippen LogP contribution in [0.2, 0.25) is 0 Å². The Hall–Kier alpha value is -2.64. The van der Waals surface area contributed by atoms with Gasteiger partial charge in [-0.2, -0.15) is 11.3 Å². The van der Waals surface area contributed by atoms with E-state index in [4.69, 9.17) is 0 Å². The van der Waals surface area contributed by atoms with E-state index in [1.54, 1.807) is 18.0 Å². The van der Waals surface area contributed by atoms with E-state index >= 15 is 0 Å². The standard InChI is InChI=1S/C22H21N3O2S2/c26-21(17-10-14-28-15-17)24-18-8-12-25(13-9-18)22(27)16-4-6-19(7-5-16)29-20-3-1-2-11-23-20/h1-7,10-11,14-15,18H,8-9,12-13H2,(H,24,26). The number of nitrogens with one attached hydrogen (secondary N) is 1. The maximum atomic E-state index is 12.8. The van der Waals surface area contributed by atoms with E-state index in [2.05, 4.69) is 10.3 Å². The monoisotopic (exact) mass is 423 g/mol. The SMILES string of the molecule is O=C(NC1CCN(C(=O)c2ccc(Sc3ccccn3)cc2)CC1)c1ccsc1. The fraction of sp³-hybridized carbons (Fsp3) is 0.227. The number of piperidine rings is 1. The number of nitrogens with zero attached hydrogens (tertiary/aromatic N) is 2. The van der Waals surface area contributed by atoms with Crippen molar-refractivity contribution in [3.8, 4) is 0 Å². The first-order chi connectivity index (χ1) is 14.2. The molecule has 3 heterocycles. The van der Waals surface area contributed by atoms with Crippen LogP contribution in [0.15, 0.2) is 75.4 Å². The summed E-state index contributed by atoms with van der Waals surface area (Å²) in [4.78, 5) is 32.2. The van der Waals surface area contributed by atoms with Crippen LogP contribution < -0.4 is 5.32 Å². The molecule has 1 aliphatic heterocycles. The van der Waals surface area contributed by atoms with Crippen molar-refractivity contribution in [3.63, 3.8) is 0 Å². The van der Waals surface area contributed by atoms with Gasteiger partial charge in [0.25, 0.3) is 11.8 Å². The van der Waals surface area contributed by atoms with Crippen molar-refractivity contribution in [2.24, 2.45) is 0 Å². The van der Waals surface area contributed by atoms with Gasteiger partial charge < -0.3 is 10.2 Å². The molecule has 0 atom stereocenters. The van der Waals surface area contributed by atoms with E-state index in [0.29, 0.717) is 24.2 Å². The molecule has 0 unspecified atom stereocenters. The Morgan fingerprint density at radius 2 is 1.83 bits per heavy atom. The number of thiophene rings is 1. The van der Waals surface area contributed by atoms with Crippen molar-refractivity contribution < 1.29 is 9.59 Å². The third kappa shape index (κ3) is 5.05. The normalized spacial score (nSPS) is 14.6. The number of pyridine rings is 1. The predicted molar refractivity (Wildman–Crippen MR) is 116 cm³/mol. The summed E-state index contributed by atoms with van der Waals surface area (Å²) >= 11 is 3.09. The molecule has 0 bridgehead atoms. The zero-order valence-corrected chi connectivity index (χ0v) is 17.4. The van der Waals surface area contributed by atoms with Gasteiger partial charge in [-0.15, -0.1) is 0 Å². The lowest BCUT2D eigenvalue weighted by Crippen LogP contribution is -2.46. The highest BCUT2D eigenvalue weighted by molar-refractivity contribution is 7.99. The number of hydrogen-bond donors (Lipinski definition) is 1. The van der Waals surface area contributed by atoms with Crippen LogP contribution in [-0.4, -0.2) is 40.8 Å². The molecule has 1 N–H and O–H groups in total. The summed E-state index contributed by atoms with van der Waals surface area (Å²) in [5, 5.41) is 7.75. The lowest BCUT2D eigenvalue weighted by Gasteiger charge is -2.32. The quantitative estimate of drug-likeness (QED) is 0.664. The summed E-state index contributed by atoms with van der Waals surface area (Å²) in [5.74, 6) is 0.0130. The molecule has 4 rings (SSSR count). The molecule has 0 spiro atoms. The fourth-order valence-corrected chi connectivity index (χ4v) is 4.68. The van der Waals surface area contributed by atoms with Gasteiger partial charge in [0.05, 0.1) is 0 Å². The topological polar surface area (TPSA) is 62.3 Å². The smallest absolute Gasteiger partial charge is 0.253 e. The van der Waals surface area contributed by atoms with Gasteiger partial charge in [0.15, 0.2) is 0 Å². The summed E-state index contributed by atoms with van der Waals surface area (Å²) in [6.45, 7) is 1.30. The van der Waals surface area contributed by atoms with Crippen LogP contribution in [0.25, 0.3) is 0 Å². The maximum Gasteiger partial charge on any atom is 0.253 e. The zero-order valence-electron chi connectivity index (χ0n) is 15.8. The third-order valence-electron chi connectivity index (χ3n) is 4.86. The second-order valence-corrected chi connectivity index (χ2v) is 8.72. The summed E-state index contributed by atoms with van der Waals surface area (Å²) < 4.78 is 0. The number of rotatable bonds is 5. The average molecular weight is 424 g/mol. The minimum atomic E-state index is -0.0305. The van der Waals surface area contributed by atoms with Gasteiger partial charge in [-0.1, -0.05) is 17.8 Å². The Kier molecular flexibility index (Phi) is 6.27. The molecule has 3 aromatic rings. The Balaban J connectivity index is 1.29. The first-order valence-electron chi connectivity index (χ1n) is 9.50. The molecule has 2 aromatic heterocycles. The molecule has 1 fully saturated rings. The van der Waals surface area contributed by atoms with Gasteiger partial charge in [0.1, 0.15) is 5.03 Å². The Labute approximate surface area is 178 Å². The molecule has 7 heteroatoms. The lowest BCUT2D eigenvalue weighted by molar-refractivity contribution is 0.0698. The highest BCUT2D eigenvalue weighted by Gasteiger charge is 2.25. The van der Waals surface area contributed by atoms with Gasteiger partial charge in [-0.3, -0.25) is 9.59 Å². The fourth-order valence-electron chi connectivity index (χ4n) is 3.27. The Bertz CT molecular complexity index is 951. The summed E-state index contributed by atoms with van der Waals surface area (Å²) in [6.07, 6.45) is 3.32. The lowest BCUT2D eigenvalue weighted by atomic mass is 10.0. The van der Waals surface area contributed by atoms with Crippen LogP contribution in [0.3, 0.4) is 0 Å². The van der Waals surface area contributed by atoms with Crippen LogP contribution >= 0.6 is 23.1 Å². The summed E-state index contributed by atoms with van der Waals surface area (Å²) in [5.41, 5.74) is 1.40. The number of hydrogen-bond acceptors (Lipinski definition) is 5. The molecular weight excluding hydrogens is 402 g/mol. The van der Waals surface area contributed by atoms with Gasteiger partial charge in [-0.25, -0.2) is 4.98 Å². The summed E-state index contributed by atoms with van der Waals surface area (Å²) in [7, 11) is 0. The molecule has 1 aromatic carbocycles. The summed E-state index contributed by atoms with van der Waals surface area (Å²) in [6, 6.07) is 15.4. The third-order valence-corrected chi connectivity index (χ3v) is 6.50. The number of benzene rings is 1. The second-order valence-electron chi connectivity index (χ2n) is 6.85. The van der Waals surface area contributed by atoms with E-state index in [9.17, 15) is 9.59 Å². The number of aromatic nitrogens is 1. The van der Waals surface area contributed by atoms with E-state index < -0.39 is 0 Å². The van der Waals surface area contributed by atoms with Gasteiger partial charge in [0, 0.05) is 46.7 Å². The molecule has 0 radical (unpaired) electrons. The van der Waals surface area contributed by atoms with Crippen molar-refractivity contribution in [1.82, 2.24) is 15.2 Å². The number of amides is 2. The van der Waals surface area contributed by atoms with Gasteiger partial charge in [-0.05, 0) is 60.7 Å². The second kappa shape index (κ2) is 9.24. The molecule has 5 nitrogen and oxygen atoms in total. The Morgan fingerprint density at radius 3 is 2.48 bits per heavy atom. The highest BCUT2D eigenvalue weighted by Crippen LogP contribution is 2.26. The minimum Gasteiger partial charge on any atom is -0.349 e. The zero-order chi connectivity index (χ0) is 20.1. The minimum absolute atomic E-state index is 0.0305. The van der Waals surface area contributed by atoms with Crippen LogP contribution in [0, 0.1) is 0 Å². The van der Waals surface area contributed by atoms with Crippen LogP contribution in [0.5, 0.6) is 0 Å². The first-order valence-corrected chi connectivity index (χ1v) is 11.3. The molecule has 0 saturated carbocycles. The van der Waals surface area contributed by atoms with E-state index in [-0.39, 0.29) is 17.9 Å². The molecule has 1 saturated heterocycles. The largest absolute Gasteiger partial charge is 0.349 e. The maximum absolute atomic E-state index is 12.8. The molecular formula is C22H21N3O2S2. The van der Waals surface area contributed by atoms with Gasteiger partial charge >= 0.3 is 0 Å². The highest BCUT2D eigenvalue weighted by atomic mass is 32.2. The van der Waals surface area contributed by atoms with Crippen molar-refractivity contribution in [2.75, 3.05) is 13.1 Å². The average Bonchev–Trinajstić information content (AvgIpc) is 3.30. The van der Waals surface area contributed by atoms with Crippen molar-refractivity contribution in [1.29, 1.82) is 0 Å². The number of carbonyl (C=O) groups excluding carboxylic acids is 2. The molecule has 2 amide bonds. The Morgan fingerprint density at radius 1 is 1.03 bits per heavy atom. The van der Waals surface area contributed by atoms with Crippen LogP contribution in [-0.2, 0) is 0 Å². The van der Waals surface area contributed by atoms with Crippen LogP contribution in [0.4, 0.5) is 0 Å². The number of likely N-dealkylation sites (tertiary alicyclic amines) is 1. The van der Waals surface area contributed by atoms with E-state index in [1.807, 2.05) is 64.2 Å².